The second-order valence-electron chi connectivity index (χ2n) is 7.03. The molecule has 4 nitrogen and oxygen atoms in total. The Hall–Kier alpha value is -3.11. The number of benzene rings is 3. The molecule has 0 atom stereocenters. The molecule has 2 amide bonds. The van der Waals surface area contributed by atoms with Crippen LogP contribution in [0.15, 0.2) is 84.9 Å². The average Bonchev–Trinajstić information content (AvgIpc) is 2.78. The Labute approximate surface area is 182 Å². The summed E-state index contributed by atoms with van der Waals surface area (Å²) < 4.78 is 0. The monoisotopic (exact) mass is 420 g/mol. The number of hydrogen-bond acceptors (Lipinski definition) is 2. The van der Waals surface area contributed by atoms with Crippen molar-refractivity contribution in [3.63, 3.8) is 0 Å². The van der Waals surface area contributed by atoms with Crippen molar-refractivity contribution in [3.05, 3.63) is 107 Å². The molecule has 0 spiro atoms. The van der Waals surface area contributed by atoms with Gasteiger partial charge in [0.15, 0.2) is 0 Å². The van der Waals surface area contributed by atoms with Gasteiger partial charge in [0.1, 0.15) is 0 Å². The van der Waals surface area contributed by atoms with E-state index in [2.05, 4.69) is 34.9 Å². The smallest absolute Gasteiger partial charge is 0.251 e. The molecule has 0 heterocycles. The largest absolute Gasteiger partial charge is 0.356 e. The van der Waals surface area contributed by atoms with E-state index >= 15 is 0 Å². The Bertz CT molecular complexity index is 904. The third-order valence-electron chi connectivity index (χ3n) is 4.90. The highest BCUT2D eigenvalue weighted by atomic mass is 35.5. The first-order valence-electron chi connectivity index (χ1n) is 10.0. The van der Waals surface area contributed by atoms with Crippen LogP contribution in [-0.2, 0) is 4.79 Å². The van der Waals surface area contributed by atoms with Gasteiger partial charge in [-0.25, -0.2) is 0 Å². The van der Waals surface area contributed by atoms with Gasteiger partial charge in [-0.15, -0.1) is 0 Å². The second kappa shape index (κ2) is 11.2. The topological polar surface area (TPSA) is 58.2 Å². The van der Waals surface area contributed by atoms with Gasteiger partial charge in [-0.1, -0.05) is 72.3 Å². The van der Waals surface area contributed by atoms with Crippen molar-refractivity contribution in [1.29, 1.82) is 0 Å². The minimum absolute atomic E-state index is 0.0775. The van der Waals surface area contributed by atoms with E-state index < -0.39 is 0 Å². The van der Waals surface area contributed by atoms with Crippen molar-refractivity contribution in [1.82, 2.24) is 10.6 Å². The lowest BCUT2D eigenvalue weighted by molar-refractivity contribution is -0.120. The summed E-state index contributed by atoms with van der Waals surface area (Å²) in [5.74, 6) is -0.0729. The van der Waals surface area contributed by atoms with Crippen LogP contribution in [0.5, 0.6) is 0 Å². The van der Waals surface area contributed by atoms with E-state index in [-0.39, 0.29) is 30.7 Å². The molecular formula is C25H25ClN2O2. The van der Waals surface area contributed by atoms with E-state index in [9.17, 15) is 9.59 Å². The molecule has 0 aromatic heterocycles. The molecule has 5 heteroatoms. The van der Waals surface area contributed by atoms with Crippen molar-refractivity contribution in [2.75, 3.05) is 13.1 Å². The fourth-order valence-electron chi connectivity index (χ4n) is 3.33. The van der Waals surface area contributed by atoms with Gasteiger partial charge >= 0.3 is 0 Å². The molecule has 3 aromatic carbocycles. The lowest BCUT2D eigenvalue weighted by Gasteiger charge is -2.18. The molecular weight excluding hydrogens is 396 g/mol. The maximum atomic E-state index is 12.2. The molecule has 154 valence electrons. The number of carbonyl (C=O) groups excluding carboxylic acids is 2. The quantitative estimate of drug-likeness (QED) is 0.522. The molecule has 0 bridgehead atoms. The van der Waals surface area contributed by atoms with Gasteiger partial charge in [0.05, 0.1) is 0 Å². The molecule has 0 aliphatic carbocycles. The van der Waals surface area contributed by atoms with Gasteiger partial charge in [-0.05, 0) is 41.8 Å². The normalized spacial score (nSPS) is 10.6. The molecule has 2 N–H and O–H groups in total. The van der Waals surface area contributed by atoms with E-state index in [0.717, 1.165) is 6.42 Å². The van der Waals surface area contributed by atoms with Crippen LogP contribution in [0.1, 0.15) is 40.2 Å². The maximum absolute atomic E-state index is 12.2. The molecule has 0 aliphatic rings. The average molecular weight is 421 g/mol. The lowest BCUT2D eigenvalue weighted by atomic mass is 9.88. The van der Waals surface area contributed by atoms with Crippen LogP contribution in [0, 0.1) is 0 Å². The Balaban J connectivity index is 1.45. The fourth-order valence-corrected chi connectivity index (χ4v) is 3.46. The van der Waals surface area contributed by atoms with Crippen molar-refractivity contribution in [3.8, 4) is 0 Å². The number of amides is 2. The minimum atomic E-state index is -0.215. The van der Waals surface area contributed by atoms with Crippen LogP contribution in [0.3, 0.4) is 0 Å². The first kappa shape index (κ1) is 21.6. The van der Waals surface area contributed by atoms with Crippen LogP contribution < -0.4 is 10.6 Å². The SMILES string of the molecule is O=C(CCNC(=O)c1ccc(Cl)cc1)NCCC(c1ccccc1)c1ccccc1. The molecule has 0 unspecified atom stereocenters. The fraction of sp³-hybridized carbons (Fsp3) is 0.200. The summed E-state index contributed by atoms with van der Waals surface area (Å²) in [7, 11) is 0. The zero-order valence-corrected chi connectivity index (χ0v) is 17.4. The molecule has 3 rings (SSSR count). The van der Waals surface area contributed by atoms with Crippen molar-refractivity contribution in [2.45, 2.75) is 18.8 Å². The Morgan fingerprint density at radius 3 is 1.87 bits per heavy atom. The summed E-state index contributed by atoms with van der Waals surface area (Å²) in [6.07, 6.45) is 1.04. The van der Waals surface area contributed by atoms with E-state index in [1.807, 2.05) is 36.4 Å². The number of rotatable bonds is 9. The zero-order chi connectivity index (χ0) is 21.2. The van der Waals surface area contributed by atoms with Gasteiger partial charge < -0.3 is 10.6 Å². The third-order valence-corrected chi connectivity index (χ3v) is 5.16. The first-order chi connectivity index (χ1) is 14.6. The first-order valence-corrected chi connectivity index (χ1v) is 10.4. The zero-order valence-electron chi connectivity index (χ0n) is 16.7. The molecule has 0 saturated heterocycles. The van der Waals surface area contributed by atoms with Crippen LogP contribution in [0.25, 0.3) is 0 Å². The molecule has 0 fully saturated rings. The van der Waals surface area contributed by atoms with Gasteiger partial charge in [0.2, 0.25) is 5.91 Å². The minimum Gasteiger partial charge on any atom is -0.356 e. The summed E-state index contributed by atoms with van der Waals surface area (Å²) in [5.41, 5.74) is 2.98. The number of carbonyl (C=O) groups is 2. The Kier molecular flexibility index (Phi) is 8.04. The van der Waals surface area contributed by atoms with Gasteiger partial charge in [0.25, 0.3) is 5.91 Å². The Morgan fingerprint density at radius 1 is 0.733 bits per heavy atom. The molecule has 3 aromatic rings. The van der Waals surface area contributed by atoms with Crippen LogP contribution in [-0.4, -0.2) is 24.9 Å². The van der Waals surface area contributed by atoms with Crippen LogP contribution in [0.4, 0.5) is 0 Å². The van der Waals surface area contributed by atoms with Gasteiger partial charge in [0, 0.05) is 36.0 Å². The van der Waals surface area contributed by atoms with Gasteiger partial charge in [-0.3, -0.25) is 9.59 Å². The van der Waals surface area contributed by atoms with Crippen LogP contribution >= 0.6 is 11.6 Å². The van der Waals surface area contributed by atoms with Gasteiger partial charge in [-0.2, -0.15) is 0 Å². The highest BCUT2D eigenvalue weighted by molar-refractivity contribution is 6.30. The summed E-state index contributed by atoms with van der Waals surface area (Å²) >= 11 is 5.83. The molecule has 30 heavy (non-hydrogen) atoms. The van der Waals surface area contributed by atoms with E-state index in [4.69, 9.17) is 11.6 Å². The Morgan fingerprint density at radius 2 is 1.30 bits per heavy atom. The molecule has 0 radical (unpaired) electrons. The summed E-state index contributed by atoms with van der Waals surface area (Å²) in [5, 5.41) is 6.30. The predicted octanol–water partition coefficient (Wildman–Crippen LogP) is 4.80. The van der Waals surface area contributed by atoms with Crippen molar-refractivity contribution in [2.24, 2.45) is 0 Å². The van der Waals surface area contributed by atoms with Crippen molar-refractivity contribution < 1.29 is 9.59 Å². The number of nitrogens with one attached hydrogen (secondary N) is 2. The highest BCUT2D eigenvalue weighted by Crippen LogP contribution is 2.27. The summed E-state index contributed by atoms with van der Waals surface area (Å²) in [6.45, 7) is 0.854. The third kappa shape index (κ3) is 6.46. The molecule has 0 saturated carbocycles. The predicted molar refractivity (Wildman–Crippen MR) is 121 cm³/mol. The van der Waals surface area contributed by atoms with Crippen molar-refractivity contribution >= 4 is 23.4 Å². The van der Waals surface area contributed by atoms with E-state index in [1.165, 1.54) is 11.1 Å². The second-order valence-corrected chi connectivity index (χ2v) is 7.46. The highest BCUT2D eigenvalue weighted by Gasteiger charge is 2.14. The van der Waals surface area contributed by atoms with Crippen LogP contribution in [0.2, 0.25) is 5.02 Å². The number of hydrogen-bond donors (Lipinski definition) is 2. The standard InChI is InChI=1S/C25H25ClN2O2/c26-22-13-11-21(12-14-22)25(30)28-18-16-24(29)27-17-15-23(19-7-3-1-4-8-19)20-9-5-2-6-10-20/h1-14,23H,15-18H2,(H,27,29)(H,28,30). The summed E-state index contributed by atoms with van der Waals surface area (Å²) in [6, 6.07) is 27.3. The van der Waals surface area contributed by atoms with E-state index in [0.29, 0.717) is 17.1 Å². The molecule has 0 aliphatic heterocycles. The maximum Gasteiger partial charge on any atom is 0.251 e. The summed E-state index contributed by atoms with van der Waals surface area (Å²) in [4.78, 5) is 24.2. The number of halogens is 1. The lowest BCUT2D eigenvalue weighted by Crippen LogP contribution is -2.31. The van der Waals surface area contributed by atoms with E-state index in [1.54, 1.807) is 24.3 Å².